The van der Waals surface area contributed by atoms with Crippen LogP contribution in [0.5, 0.6) is 0 Å². The molecule has 1 aliphatic heterocycles. The minimum atomic E-state index is -0.800. The van der Waals surface area contributed by atoms with Crippen molar-refractivity contribution in [1.29, 1.82) is 0 Å². The van der Waals surface area contributed by atoms with E-state index in [1.54, 1.807) is 6.92 Å². The van der Waals surface area contributed by atoms with Gasteiger partial charge in [-0.1, -0.05) is 0 Å². The van der Waals surface area contributed by atoms with Crippen LogP contribution in [0.3, 0.4) is 0 Å². The lowest BCUT2D eigenvalue weighted by Crippen LogP contribution is -2.64. The van der Waals surface area contributed by atoms with Crippen molar-refractivity contribution in [3.05, 3.63) is 0 Å². The van der Waals surface area contributed by atoms with Crippen LogP contribution in [-0.4, -0.2) is 47.2 Å². The van der Waals surface area contributed by atoms with E-state index in [1.807, 2.05) is 0 Å². The third kappa shape index (κ3) is 1.60. The summed E-state index contributed by atoms with van der Waals surface area (Å²) in [7, 11) is 0. The van der Waals surface area contributed by atoms with Gasteiger partial charge >= 0.3 is 0 Å². The Labute approximate surface area is 71.3 Å². The molecule has 5 nitrogen and oxygen atoms in total. The van der Waals surface area contributed by atoms with Gasteiger partial charge < -0.3 is 26.4 Å². The van der Waals surface area contributed by atoms with Crippen LogP contribution in [0, 0.1) is 0 Å². The second kappa shape index (κ2) is 3.68. The first-order valence-electron chi connectivity index (χ1n) is 4.03. The molecule has 0 aromatic heterocycles. The highest BCUT2D eigenvalue weighted by Crippen LogP contribution is 2.17. The second-order valence-corrected chi connectivity index (χ2v) is 3.21. The number of ether oxygens (including phenoxy) is 1. The van der Waals surface area contributed by atoms with Crippen LogP contribution in [0.4, 0.5) is 0 Å². The lowest BCUT2D eigenvalue weighted by Gasteiger charge is -2.40. The van der Waals surface area contributed by atoms with Gasteiger partial charge in [0.1, 0.15) is 0 Å². The summed E-state index contributed by atoms with van der Waals surface area (Å²) in [5.74, 6) is 0. The van der Waals surface area contributed by atoms with Crippen molar-refractivity contribution in [2.45, 2.75) is 37.3 Å². The zero-order valence-electron chi connectivity index (χ0n) is 7.05. The van der Waals surface area contributed by atoms with Crippen molar-refractivity contribution >= 4 is 0 Å². The Hall–Kier alpha value is -0.200. The quantitative estimate of drug-likeness (QED) is 0.362. The van der Waals surface area contributed by atoms with Crippen molar-refractivity contribution in [3.63, 3.8) is 0 Å². The normalized spacial score (nSPS) is 49.2. The number of aliphatic hydroxyl groups is 2. The molecule has 1 aliphatic rings. The Kier molecular flexibility index (Phi) is 3.03. The molecule has 6 N–H and O–H groups in total. The maximum Gasteiger partial charge on any atom is 0.0986 e. The van der Waals surface area contributed by atoms with E-state index in [2.05, 4.69) is 0 Å². The Bertz CT molecular complexity index is 151. The van der Waals surface area contributed by atoms with Crippen molar-refractivity contribution in [3.8, 4) is 0 Å². The van der Waals surface area contributed by atoms with Crippen molar-refractivity contribution < 1.29 is 14.9 Å². The average Bonchev–Trinajstić information content (AvgIpc) is 2.08. The van der Waals surface area contributed by atoms with Crippen molar-refractivity contribution in [1.82, 2.24) is 0 Å². The molecule has 0 saturated carbocycles. The SMILES string of the molecule is C[C@H]1O[C@H](CO)[C@@H](N)[C@H](O)[C@H]1N. The van der Waals surface area contributed by atoms with Gasteiger partial charge in [-0.05, 0) is 6.92 Å². The zero-order chi connectivity index (χ0) is 9.30. The molecule has 0 aromatic rings. The molecule has 0 spiro atoms. The molecule has 0 aromatic carbocycles. The molecule has 72 valence electrons. The van der Waals surface area contributed by atoms with Crippen LogP contribution in [0.15, 0.2) is 0 Å². The van der Waals surface area contributed by atoms with Gasteiger partial charge in [0.2, 0.25) is 0 Å². The Balaban J connectivity index is 2.63. The van der Waals surface area contributed by atoms with Gasteiger partial charge in [-0.2, -0.15) is 0 Å². The minimum Gasteiger partial charge on any atom is -0.394 e. The van der Waals surface area contributed by atoms with Crippen molar-refractivity contribution in [2.24, 2.45) is 11.5 Å². The van der Waals surface area contributed by atoms with Gasteiger partial charge in [-0.3, -0.25) is 0 Å². The predicted octanol–water partition coefficient (Wildman–Crippen LogP) is -2.22. The number of nitrogens with two attached hydrogens (primary N) is 2. The topological polar surface area (TPSA) is 102 Å². The molecule has 5 heteroatoms. The summed E-state index contributed by atoms with van der Waals surface area (Å²) in [5.41, 5.74) is 11.2. The van der Waals surface area contributed by atoms with E-state index in [1.165, 1.54) is 0 Å². The molecule has 0 amide bonds. The first-order valence-corrected chi connectivity index (χ1v) is 4.03. The molecule has 1 saturated heterocycles. The van der Waals surface area contributed by atoms with Crippen LogP contribution >= 0.6 is 0 Å². The summed E-state index contributed by atoms with van der Waals surface area (Å²) in [5, 5.41) is 18.3. The molecule has 0 aliphatic carbocycles. The van der Waals surface area contributed by atoms with Crippen LogP contribution in [0.25, 0.3) is 0 Å². The number of rotatable bonds is 1. The fourth-order valence-corrected chi connectivity index (χ4v) is 1.38. The summed E-state index contributed by atoms with van der Waals surface area (Å²) < 4.78 is 5.27. The van der Waals surface area contributed by atoms with E-state index >= 15 is 0 Å². The highest BCUT2D eigenvalue weighted by molar-refractivity contribution is 4.95. The first-order chi connectivity index (χ1) is 5.57. The lowest BCUT2D eigenvalue weighted by molar-refractivity contribution is -0.128. The van der Waals surface area contributed by atoms with E-state index < -0.39 is 24.3 Å². The molecule has 0 bridgehead atoms. The predicted molar refractivity (Wildman–Crippen MR) is 43.4 cm³/mol. The summed E-state index contributed by atoms with van der Waals surface area (Å²) in [6.45, 7) is 1.57. The average molecular weight is 176 g/mol. The van der Waals surface area contributed by atoms with Crippen LogP contribution < -0.4 is 11.5 Å². The zero-order valence-corrected chi connectivity index (χ0v) is 7.05. The van der Waals surface area contributed by atoms with Gasteiger partial charge in [-0.15, -0.1) is 0 Å². The third-order valence-corrected chi connectivity index (χ3v) is 2.33. The van der Waals surface area contributed by atoms with Gasteiger partial charge in [0.25, 0.3) is 0 Å². The smallest absolute Gasteiger partial charge is 0.0986 e. The van der Waals surface area contributed by atoms with E-state index in [9.17, 15) is 5.11 Å². The highest BCUT2D eigenvalue weighted by atomic mass is 16.5. The van der Waals surface area contributed by atoms with E-state index in [0.717, 1.165) is 0 Å². The Morgan fingerprint density at radius 2 is 1.92 bits per heavy atom. The minimum absolute atomic E-state index is 0.185. The number of aliphatic hydroxyl groups excluding tert-OH is 2. The molecule has 0 radical (unpaired) electrons. The molecular formula is C7H16N2O3. The lowest BCUT2D eigenvalue weighted by atomic mass is 9.93. The number of hydrogen-bond donors (Lipinski definition) is 4. The third-order valence-electron chi connectivity index (χ3n) is 2.33. The number of hydrogen-bond acceptors (Lipinski definition) is 5. The Morgan fingerprint density at radius 3 is 2.42 bits per heavy atom. The summed E-state index contributed by atoms with van der Waals surface area (Å²) in [4.78, 5) is 0. The maximum atomic E-state index is 9.48. The van der Waals surface area contributed by atoms with Gasteiger partial charge in [0, 0.05) is 0 Å². The van der Waals surface area contributed by atoms with Crippen LogP contribution in [0.2, 0.25) is 0 Å². The summed E-state index contributed by atoms with van der Waals surface area (Å²) in [6.07, 6.45) is -1.57. The molecular weight excluding hydrogens is 160 g/mol. The van der Waals surface area contributed by atoms with Crippen LogP contribution in [-0.2, 0) is 4.74 Å². The van der Waals surface area contributed by atoms with Gasteiger partial charge in [-0.25, -0.2) is 0 Å². The Morgan fingerprint density at radius 1 is 1.33 bits per heavy atom. The molecule has 12 heavy (non-hydrogen) atoms. The van der Waals surface area contributed by atoms with E-state index in [4.69, 9.17) is 21.3 Å². The molecule has 5 atom stereocenters. The monoisotopic (exact) mass is 176 g/mol. The standard InChI is InChI=1S/C7H16N2O3/c1-3-5(8)7(11)6(9)4(2-10)12-3/h3-7,10-11H,2,8-9H2,1H3/t3-,4-,5+,6-,7-/m1/s1. The summed E-state index contributed by atoms with van der Waals surface area (Å²) in [6, 6.07) is -1.07. The largest absolute Gasteiger partial charge is 0.394 e. The first kappa shape index (κ1) is 9.88. The van der Waals surface area contributed by atoms with Crippen LogP contribution in [0.1, 0.15) is 6.92 Å². The molecule has 1 heterocycles. The van der Waals surface area contributed by atoms with E-state index in [-0.39, 0.29) is 12.7 Å². The summed E-state index contributed by atoms with van der Waals surface area (Å²) >= 11 is 0. The van der Waals surface area contributed by atoms with Gasteiger partial charge in [0.05, 0.1) is 37.0 Å². The fourth-order valence-electron chi connectivity index (χ4n) is 1.38. The molecule has 1 rings (SSSR count). The van der Waals surface area contributed by atoms with E-state index in [0.29, 0.717) is 0 Å². The van der Waals surface area contributed by atoms with Crippen molar-refractivity contribution in [2.75, 3.05) is 6.61 Å². The van der Waals surface area contributed by atoms with Gasteiger partial charge in [0.15, 0.2) is 0 Å². The highest BCUT2D eigenvalue weighted by Gasteiger charge is 2.38. The second-order valence-electron chi connectivity index (χ2n) is 3.21. The molecule has 0 unspecified atom stereocenters. The maximum absolute atomic E-state index is 9.48. The fraction of sp³-hybridized carbons (Fsp3) is 1.00. The molecule has 1 fully saturated rings.